The summed E-state index contributed by atoms with van der Waals surface area (Å²) in [6.07, 6.45) is -5.84. The van der Waals surface area contributed by atoms with Gasteiger partial charge < -0.3 is 34.6 Å². The van der Waals surface area contributed by atoms with E-state index in [1.54, 1.807) is 0 Å². The molecular formula is C11H18O8. The third-order valence-electron chi connectivity index (χ3n) is 2.67. The SMILES string of the molecule is COC(=O)C=C(C)O[C@@H]1O[C@H](CO)[C@@H](O)[C@H](O)[C@H]1O. The number of aliphatic hydroxyl groups excluding tert-OH is 4. The van der Waals surface area contributed by atoms with Gasteiger partial charge in [0.25, 0.3) is 0 Å². The molecule has 5 atom stereocenters. The quantitative estimate of drug-likeness (QED) is 0.261. The van der Waals surface area contributed by atoms with Gasteiger partial charge in [0.2, 0.25) is 6.29 Å². The standard InChI is InChI=1S/C11H18O8/c1-5(3-7(13)17-2)18-11-10(16)9(15)8(14)6(4-12)19-11/h3,6,8-12,14-16H,4H2,1-2H3/t6-,8-,9+,10-,11-/m1/s1. The summed E-state index contributed by atoms with van der Waals surface area (Å²) in [6, 6.07) is 0. The van der Waals surface area contributed by atoms with Crippen LogP contribution in [0.1, 0.15) is 6.92 Å². The fourth-order valence-corrected chi connectivity index (χ4v) is 1.61. The smallest absolute Gasteiger partial charge is 0.333 e. The molecule has 1 aliphatic heterocycles. The molecule has 0 aliphatic carbocycles. The molecular weight excluding hydrogens is 260 g/mol. The van der Waals surface area contributed by atoms with E-state index in [4.69, 9.17) is 14.6 Å². The molecule has 0 aromatic carbocycles. The number of rotatable bonds is 4. The van der Waals surface area contributed by atoms with Gasteiger partial charge >= 0.3 is 5.97 Å². The van der Waals surface area contributed by atoms with Crippen molar-refractivity contribution in [3.8, 4) is 0 Å². The van der Waals surface area contributed by atoms with E-state index in [0.29, 0.717) is 0 Å². The van der Waals surface area contributed by atoms with Crippen molar-refractivity contribution in [1.82, 2.24) is 0 Å². The number of aliphatic hydroxyl groups is 4. The predicted molar refractivity (Wildman–Crippen MR) is 60.6 cm³/mol. The molecule has 0 unspecified atom stereocenters. The molecule has 0 radical (unpaired) electrons. The van der Waals surface area contributed by atoms with Crippen molar-refractivity contribution in [1.29, 1.82) is 0 Å². The largest absolute Gasteiger partial charge is 0.466 e. The lowest BCUT2D eigenvalue weighted by molar-refractivity contribution is -0.291. The molecule has 8 heteroatoms. The highest BCUT2D eigenvalue weighted by Crippen LogP contribution is 2.23. The minimum atomic E-state index is -1.53. The Morgan fingerprint density at radius 2 is 1.89 bits per heavy atom. The van der Waals surface area contributed by atoms with Crippen LogP contribution in [0.5, 0.6) is 0 Å². The second-order valence-corrected chi connectivity index (χ2v) is 4.09. The van der Waals surface area contributed by atoms with Gasteiger partial charge in [-0.05, 0) is 6.92 Å². The average Bonchev–Trinajstić information content (AvgIpc) is 2.39. The fourth-order valence-electron chi connectivity index (χ4n) is 1.61. The minimum absolute atomic E-state index is 0.0937. The van der Waals surface area contributed by atoms with Gasteiger partial charge in [-0.3, -0.25) is 0 Å². The lowest BCUT2D eigenvalue weighted by atomic mass is 9.99. The van der Waals surface area contributed by atoms with Crippen molar-refractivity contribution in [3.05, 3.63) is 11.8 Å². The van der Waals surface area contributed by atoms with Gasteiger partial charge in [0, 0.05) is 0 Å². The minimum Gasteiger partial charge on any atom is -0.466 e. The third kappa shape index (κ3) is 3.88. The molecule has 0 aromatic rings. The monoisotopic (exact) mass is 278 g/mol. The summed E-state index contributed by atoms with van der Waals surface area (Å²) >= 11 is 0. The zero-order valence-corrected chi connectivity index (χ0v) is 10.6. The first-order valence-corrected chi connectivity index (χ1v) is 5.64. The highest BCUT2D eigenvalue weighted by molar-refractivity contribution is 5.82. The second kappa shape index (κ2) is 6.83. The van der Waals surface area contributed by atoms with Crippen LogP contribution in [-0.2, 0) is 19.0 Å². The van der Waals surface area contributed by atoms with Gasteiger partial charge in [0.1, 0.15) is 30.2 Å². The van der Waals surface area contributed by atoms with Crippen LogP contribution in [0.25, 0.3) is 0 Å². The van der Waals surface area contributed by atoms with Crippen molar-refractivity contribution in [2.45, 2.75) is 37.6 Å². The topological polar surface area (TPSA) is 126 Å². The van der Waals surface area contributed by atoms with Crippen molar-refractivity contribution in [2.24, 2.45) is 0 Å². The number of allylic oxidation sites excluding steroid dienone is 1. The zero-order chi connectivity index (χ0) is 14.6. The summed E-state index contributed by atoms with van der Waals surface area (Å²) in [5.41, 5.74) is 0. The Morgan fingerprint density at radius 3 is 2.42 bits per heavy atom. The van der Waals surface area contributed by atoms with E-state index in [2.05, 4.69) is 4.74 Å². The molecule has 0 bridgehead atoms. The normalized spacial score (nSPS) is 35.9. The van der Waals surface area contributed by atoms with Crippen LogP contribution >= 0.6 is 0 Å². The molecule has 1 aliphatic rings. The fraction of sp³-hybridized carbons (Fsp3) is 0.727. The molecule has 1 fully saturated rings. The summed E-state index contributed by atoms with van der Waals surface area (Å²) in [7, 11) is 1.19. The van der Waals surface area contributed by atoms with Gasteiger partial charge in [-0.15, -0.1) is 0 Å². The van der Waals surface area contributed by atoms with E-state index in [9.17, 15) is 20.1 Å². The summed E-state index contributed by atoms with van der Waals surface area (Å²) in [5.74, 6) is -0.557. The molecule has 1 saturated heterocycles. The second-order valence-electron chi connectivity index (χ2n) is 4.09. The molecule has 0 aromatic heterocycles. The number of methoxy groups -OCH3 is 1. The van der Waals surface area contributed by atoms with Crippen LogP contribution in [0.4, 0.5) is 0 Å². The Labute approximate surface area is 109 Å². The summed E-state index contributed by atoms with van der Waals surface area (Å²) in [6.45, 7) is 0.878. The number of hydrogen-bond acceptors (Lipinski definition) is 8. The van der Waals surface area contributed by atoms with E-state index >= 15 is 0 Å². The molecule has 4 N–H and O–H groups in total. The first-order valence-electron chi connectivity index (χ1n) is 5.64. The van der Waals surface area contributed by atoms with E-state index in [-0.39, 0.29) is 5.76 Å². The highest BCUT2D eigenvalue weighted by atomic mass is 16.7. The number of carbonyl (C=O) groups is 1. The van der Waals surface area contributed by atoms with Gasteiger partial charge in [0.15, 0.2) is 0 Å². The lowest BCUT2D eigenvalue weighted by Gasteiger charge is -2.39. The molecule has 1 rings (SSSR count). The van der Waals surface area contributed by atoms with Gasteiger partial charge in [-0.1, -0.05) is 0 Å². The first-order chi connectivity index (χ1) is 8.90. The Hall–Kier alpha value is -1.19. The Kier molecular flexibility index (Phi) is 5.70. The number of hydrogen-bond donors (Lipinski definition) is 4. The lowest BCUT2D eigenvalue weighted by Crippen LogP contribution is -2.59. The summed E-state index contributed by atoms with van der Waals surface area (Å²) < 4.78 is 14.6. The van der Waals surface area contributed by atoms with Gasteiger partial charge in [-0.25, -0.2) is 4.79 Å². The number of esters is 1. The maximum atomic E-state index is 11.0. The molecule has 8 nitrogen and oxygen atoms in total. The van der Waals surface area contributed by atoms with Crippen LogP contribution < -0.4 is 0 Å². The molecule has 110 valence electrons. The maximum Gasteiger partial charge on any atom is 0.333 e. The van der Waals surface area contributed by atoms with Crippen LogP contribution in [0, 0.1) is 0 Å². The van der Waals surface area contributed by atoms with Crippen molar-refractivity contribution in [2.75, 3.05) is 13.7 Å². The van der Waals surface area contributed by atoms with Gasteiger partial charge in [-0.2, -0.15) is 0 Å². The maximum absolute atomic E-state index is 11.0. The molecule has 19 heavy (non-hydrogen) atoms. The van der Waals surface area contributed by atoms with Crippen molar-refractivity contribution >= 4 is 5.97 Å². The van der Waals surface area contributed by atoms with Crippen LogP contribution in [-0.4, -0.2) is 70.8 Å². The first kappa shape index (κ1) is 15.9. The van der Waals surface area contributed by atoms with Crippen molar-refractivity contribution < 1.29 is 39.4 Å². The van der Waals surface area contributed by atoms with E-state index in [0.717, 1.165) is 6.08 Å². The Balaban J connectivity index is 2.71. The molecule has 0 saturated carbocycles. The molecule has 0 amide bonds. The van der Waals surface area contributed by atoms with Crippen LogP contribution in [0.2, 0.25) is 0 Å². The van der Waals surface area contributed by atoms with Crippen molar-refractivity contribution in [3.63, 3.8) is 0 Å². The highest BCUT2D eigenvalue weighted by Gasteiger charge is 2.44. The van der Waals surface area contributed by atoms with E-state index in [1.165, 1.54) is 14.0 Å². The molecule has 0 spiro atoms. The summed E-state index contributed by atoms with van der Waals surface area (Å²) in [5, 5.41) is 37.7. The average molecular weight is 278 g/mol. The van der Waals surface area contributed by atoms with Crippen LogP contribution in [0.3, 0.4) is 0 Å². The third-order valence-corrected chi connectivity index (χ3v) is 2.67. The Bertz CT molecular complexity index is 340. The summed E-state index contributed by atoms with van der Waals surface area (Å²) in [4.78, 5) is 11.0. The Morgan fingerprint density at radius 1 is 1.26 bits per heavy atom. The van der Waals surface area contributed by atoms with Gasteiger partial charge in [0.05, 0.1) is 19.8 Å². The zero-order valence-electron chi connectivity index (χ0n) is 10.6. The van der Waals surface area contributed by atoms with E-state index < -0.39 is 43.3 Å². The van der Waals surface area contributed by atoms with Crippen LogP contribution in [0.15, 0.2) is 11.8 Å². The number of carbonyl (C=O) groups excluding carboxylic acids is 1. The molecule has 1 heterocycles. The number of ether oxygens (including phenoxy) is 3. The predicted octanol–water partition coefficient (Wildman–Crippen LogP) is -2.12. The van der Waals surface area contributed by atoms with E-state index in [1.807, 2.05) is 0 Å².